The number of phenolic OH excluding ortho intramolecular Hbond substituents is 1. The van der Waals surface area contributed by atoms with E-state index in [2.05, 4.69) is 4.90 Å². The van der Waals surface area contributed by atoms with Crippen LogP contribution in [0.15, 0.2) is 48.0 Å². The Hall–Kier alpha value is -3.36. The number of amides is 1. The Kier molecular flexibility index (Phi) is 6.67. The molecule has 0 radical (unpaired) electrons. The molecule has 0 aromatic heterocycles. The van der Waals surface area contributed by atoms with Crippen molar-refractivity contribution in [2.75, 3.05) is 46.5 Å². The molecule has 2 aliphatic heterocycles. The lowest BCUT2D eigenvalue weighted by molar-refractivity contribution is -0.140. The van der Waals surface area contributed by atoms with Crippen LogP contribution in [-0.2, 0) is 14.3 Å². The summed E-state index contributed by atoms with van der Waals surface area (Å²) < 4.78 is 10.7. The molecule has 174 valence electrons. The van der Waals surface area contributed by atoms with E-state index in [1.807, 2.05) is 6.92 Å². The zero-order valence-corrected chi connectivity index (χ0v) is 18.8. The number of nitrogens with zero attached hydrogens (tertiary/aromatic N) is 2. The fraction of sp³-hybridized carbons (Fsp3) is 0.360. The minimum atomic E-state index is -0.756. The number of hydrogen-bond donors (Lipinski definition) is 2. The number of Topliss-reactive ketones (excluding diaryl/α,β-unsaturated/α-hetero) is 1. The van der Waals surface area contributed by atoms with E-state index in [0.717, 1.165) is 18.7 Å². The van der Waals surface area contributed by atoms with Gasteiger partial charge in [0.1, 0.15) is 17.3 Å². The molecular formula is C25H28N2O6. The molecule has 0 spiro atoms. The van der Waals surface area contributed by atoms with Crippen LogP contribution in [0.5, 0.6) is 11.5 Å². The second-order valence-electron chi connectivity index (χ2n) is 8.22. The van der Waals surface area contributed by atoms with Crippen LogP contribution in [0, 0.1) is 6.92 Å². The van der Waals surface area contributed by atoms with Gasteiger partial charge in [-0.2, -0.15) is 0 Å². The molecule has 0 bridgehead atoms. The summed E-state index contributed by atoms with van der Waals surface area (Å²) in [6.07, 6.45) is 0. The highest BCUT2D eigenvalue weighted by Crippen LogP contribution is 2.40. The van der Waals surface area contributed by atoms with Crippen LogP contribution in [0.25, 0.3) is 5.76 Å². The predicted molar refractivity (Wildman–Crippen MR) is 122 cm³/mol. The van der Waals surface area contributed by atoms with Gasteiger partial charge >= 0.3 is 0 Å². The number of aliphatic hydroxyl groups is 1. The van der Waals surface area contributed by atoms with Crippen LogP contribution < -0.4 is 4.74 Å². The summed E-state index contributed by atoms with van der Waals surface area (Å²) in [6, 6.07) is 10.7. The number of phenols is 1. The van der Waals surface area contributed by atoms with E-state index in [4.69, 9.17) is 9.47 Å². The van der Waals surface area contributed by atoms with E-state index in [0.29, 0.717) is 43.2 Å². The first kappa shape index (κ1) is 22.8. The molecule has 8 nitrogen and oxygen atoms in total. The van der Waals surface area contributed by atoms with Gasteiger partial charge in [0.25, 0.3) is 11.7 Å². The normalized spacial score (nSPS) is 20.9. The van der Waals surface area contributed by atoms with Gasteiger partial charge in [-0.3, -0.25) is 14.5 Å². The quantitative estimate of drug-likeness (QED) is 0.395. The van der Waals surface area contributed by atoms with E-state index in [9.17, 15) is 19.8 Å². The number of carbonyl (C=O) groups is 2. The molecule has 4 rings (SSSR count). The second kappa shape index (κ2) is 9.64. The zero-order valence-electron chi connectivity index (χ0n) is 18.8. The third-order valence-corrected chi connectivity index (χ3v) is 6.18. The first-order chi connectivity index (χ1) is 15.9. The third-order valence-electron chi connectivity index (χ3n) is 6.18. The molecular weight excluding hydrogens is 424 g/mol. The number of methoxy groups -OCH3 is 1. The van der Waals surface area contributed by atoms with Crippen LogP contribution in [-0.4, -0.2) is 78.2 Å². The largest absolute Gasteiger partial charge is 0.508 e. The Balaban J connectivity index is 1.74. The molecule has 2 aromatic carbocycles. The lowest BCUT2D eigenvalue weighted by Crippen LogP contribution is -2.42. The monoisotopic (exact) mass is 452 g/mol. The van der Waals surface area contributed by atoms with E-state index in [1.54, 1.807) is 37.4 Å². The van der Waals surface area contributed by atoms with Crippen molar-refractivity contribution < 1.29 is 29.3 Å². The van der Waals surface area contributed by atoms with Gasteiger partial charge in [0.2, 0.25) is 0 Å². The van der Waals surface area contributed by atoms with Crippen LogP contribution in [0.1, 0.15) is 22.7 Å². The van der Waals surface area contributed by atoms with Crippen molar-refractivity contribution in [1.82, 2.24) is 9.80 Å². The molecule has 2 fully saturated rings. The number of benzene rings is 2. The first-order valence-corrected chi connectivity index (χ1v) is 10.9. The smallest absolute Gasteiger partial charge is 0.295 e. The van der Waals surface area contributed by atoms with Gasteiger partial charge in [0, 0.05) is 31.7 Å². The molecule has 2 aromatic rings. The number of ketones is 1. The van der Waals surface area contributed by atoms with E-state index in [1.165, 1.54) is 17.0 Å². The number of ether oxygens (including phenoxy) is 2. The van der Waals surface area contributed by atoms with Crippen LogP contribution in [0.4, 0.5) is 0 Å². The number of aliphatic hydroxyl groups excluding tert-OH is 1. The van der Waals surface area contributed by atoms with E-state index < -0.39 is 17.7 Å². The second-order valence-corrected chi connectivity index (χ2v) is 8.22. The molecule has 0 unspecified atom stereocenters. The SMILES string of the molecule is COc1ccc(C(O)=C2C(=O)C(=O)N(CCN3CCOCC3)[C@@H]2c2ccc(O)cc2)cc1C. The fourth-order valence-electron chi connectivity index (χ4n) is 4.37. The number of aryl methyl sites for hydroxylation is 1. The molecule has 1 atom stereocenters. The summed E-state index contributed by atoms with van der Waals surface area (Å²) in [5.74, 6) is -0.859. The lowest BCUT2D eigenvalue weighted by Gasteiger charge is -2.31. The van der Waals surface area contributed by atoms with Gasteiger partial charge in [-0.15, -0.1) is 0 Å². The fourth-order valence-corrected chi connectivity index (χ4v) is 4.37. The van der Waals surface area contributed by atoms with E-state index in [-0.39, 0.29) is 17.1 Å². The Morgan fingerprint density at radius 2 is 1.79 bits per heavy atom. The highest BCUT2D eigenvalue weighted by atomic mass is 16.5. The highest BCUT2D eigenvalue weighted by molar-refractivity contribution is 6.46. The minimum absolute atomic E-state index is 0.0391. The first-order valence-electron chi connectivity index (χ1n) is 10.9. The van der Waals surface area contributed by atoms with Crippen molar-refractivity contribution in [3.8, 4) is 11.5 Å². The van der Waals surface area contributed by atoms with Crippen molar-refractivity contribution in [3.63, 3.8) is 0 Å². The summed E-state index contributed by atoms with van der Waals surface area (Å²) in [5.41, 5.74) is 1.91. The average molecular weight is 453 g/mol. The van der Waals surface area contributed by atoms with Gasteiger partial charge < -0.3 is 24.6 Å². The predicted octanol–water partition coefficient (Wildman–Crippen LogP) is 2.46. The third kappa shape index (κ3) is 4.58. The molecule has 0 saturated carbocycles. The summed E-state index contributed by atoms with van der Waals surface area (Å²) in [6.45, 7) is 5.56. The maximum Gasteiger partial charge on any atom is 0.295 e. The zero-order chi connectivity index (χ0) is 23.5. The van der Waals surface area contributed by atoms with Gasteiger partial charge in [0.05, 0.1) is 31.9 Å². The Morgan fingerprint density at radius 3 is 2.42 bits per heavy atom. The number of hydrogen-bond acceptors (Lipinski definition) is 7. The standard InChI is InChI=1S/C25H28N2O6/c1-16-15-18(5-8-20(16)32-2)23(29)21-22(17-3-6-19(28)7-4-17)27(25(31)24(21)30)10-9-26-11-13-33-14-12-26/h3-8,15,22,28-29H,9-14H2,1-2H3/t22-/m1/s1. The molecule has 8 heteroatoms. The van der Waals surface area contributed by atoms with Crippen molar-refractivity contribution in [3.05, 3.63) is 64.7 Å². The average Bonchev–Trinajstić information content (AvgIpc) is 3.08. The molecule has 0 aliphatic carbocycles. The highest BCUT2D eigenvalue weighted by Gasteiger charge is 2.46. The topological polar surface area (TPSA) is 99.5 Å². The van der Waals surface area contributed by atoms with Crippen molar-refractivity contribution in [2.24, 2.45) is 0 Å². The molecule has 2 aliphatic rings. The van der Waals surface area contributed by atoms with Gasteiger partial charge in [-0.25, -0.2) is 0 Å². The van der Waals surface area contributed by atoms with Gasteiger partial charge in [-0.1, -0.05) is 12.1 Å². The molecule has 2 heterocycles. The minimum Gasteiger partial charge on any atom is -0.508 e. The molecule has 1 amide bonds. The number of likely N-dealkylation sites (tertiary alicyclic amines) is 1. The van der Waals surface area contributed by atoms with Crippen LogP contribution >= 0.6 is 0 Å². The van der Waals surface area contributed by atoms with Crippen molar-refractivity contribution in [1.29, 1.82) is 0 Å². The van der Waals surface area contributed by atoms with Crippen LogP contribution in [0.3, 0.4) is 0 Å². The molecule has 2 N–H and O–H groups in total. The summed E-state index contributed by atoms with van der Waals surface area (Å²) in [4.78, 5) is 29.9. The Morgan fingerprint density at radius 1 is 1.09 bits per heavy atom. The number of rotatable bonds is 6. The summed E-state index contributed by atoms with van der Waals surface area (Å²) in [7, 11) is 1.56. The molecule has 33 heavy (non-hydrogen) atoms. The maximum absolute atomic E-state index is 13.1. The maximum atomic E-state index is 13.1. The molecule has 2 saturated heterocycles. The Labute approximate surface area is 192 Å². The van der Waals surface area contributed by atoms with Gasteiger partial charge in [0.15, 0.2) is 0 Å². The van der Waals surface area contributed by atoms with Crippen LogP contribution in [0.2, 0.25) is 0 Å². The lowest BCUT2D eigenvalue weighted by atomic mass is 9.94. The number of carbonyl (C=O) groups excluding carboxylic acids is 2. The van der Waals surface area contributed by atoms with Crippen molar-refractivity contribution in [2.45, 2.75) is 13.0 Å². The van der Waals surface area contributed by atoms with Crippen molar-refractivity contribution >= 4 is 17.4 Å². The van der Waals surface area contributed by atoms with Gasteiger partial charge in [-0.05, 0) is 48.4 Å². The summed E-state index contributed by atoms with van der Waals surface area (Å²) >= 11 is 0. The summed E-state index contributed by atoms with van der Waals surface area (Å²) in [5, 5.41) is 20.9. The Bertz CT molecular complexity index is 1070. The van der Waals surface area contributed by atoms with E-state index >= 15 is 0 Å². The number of aromatic hydroxyl groups is 1. The number of morpholine rings is 1.